The van der Waals surface area contributed by atoms with E-state index in [1.54, 1.807) is 18.2 Å². The number of fused-ring (bicyclic) bond motifs is 2. The Labute approximate surface area is 166 Å². The quantitative estimate of drug-likeness (QED) is 0.718. The van der Waals surface area contributed by atoms with E-state index < -0.39 is 6.09 Å². The van der Waals surface area contributed by atoms with Gasteiger partial charge in [-0.3, -0.25) is 9.47 Å². The zero-order valence-corrected chi connectivity index (χ0v) is 15.7. The van der Waals surface area contributed by atoms with Crippen molar-refractivity contribution in [3.63, 3.8) is 0 Å². The molecule has 3 aromatic rings. The van der Waals surface area contributed by atoms with E-state index in [-0.39, 0.29) is 6.10 Å². The maximum atomic E-state index is 11.2. The Morgan fingerprint density at radius 1 is 1.24 bits per heavy atom. The standard InChI is InChI=1S/C20H20N4O5/c25-20(26)24-4-3-13-7-14(1-2-18(13)24)29-19-16-9-23(10-17(16)21-12-22-19)8-15-11-27-5-6-28-15/h1-4,7,12,15H,5-6,8-11H2,(H,25,26). The fourth-order valence-corrected chi connectivity index (χ4v) is 3.83. The van der Waals surface area contributed by atoms with Gasteiger partial charge in [0.05, 0.1) is 42.7 Å². The number of benzene rings is 1. The molecule has 0 saturated carbocycles. The van der Waals surface area contributed by atoms with Crippen LogP contribution in [0, 0.1) is 0 Å². The highest BCUT2D eigenvalue weighted by Crippen LogP contribution is 2.32. The Morgan fingerprint density at radius 3 is 3.00 bits per heavy atom. The van der Waals surface area contributed by atoms with E-state index in [9.17, 15) is 9.90 Å². The van der Waals surface area contributed by atoms with Gasteiger partial charge in [-0.2, -0.15) is 0 Å². The van der Waals surface area contributed by atoms with Crippen molar-refractivity contribution in [3.8, 4) is 11.6 Å². The van der Waals surface area contributed by atoms with Crippen molar-refractivity contribution in [2.45, 2.75) is 19.2 Å². The normalized spacial score (nSPS) is 19.4. The minimum Gasteiger partial charge on any atom is -0.464 e. The first-order valence-corrected chi connectivity index (χ1v) is 9.44. The van der Waals surface area contributed by atoms with Crippen LogP contribution in [0.1, 0.15) is 11.3 Å². The first kappa shape index (κ1) is 18.0. The maximum Gasteiger partial charge on any atom is 0.415 e. The van der Waals surface area contributed by atoms with Gasteiger partial charge in [0.25, 0.3) is 0 Å². The van der Waals surface area contributed by atoms with Crippen molar-refractivity contribution in [1.82, 2.24) is 19.4 Å². The zero-order valence-electron chi connectivity index (χ0n) is 15.7. The Morgan fingerprint density at radius 2 is 2.17 bits per heavy atom. The summed E-state index contributed by atoms with van der Waals surface area (Å²) in [6.45, 7) is 4.06. The summed E-state index contributed by atoms with van der Waals surface area (Å²) >= 11 is 0. The van der Waals surface area contributed by atoms with E-state index in [2.05, 4.69) is 14.9 Å². The van der Waals surface area contributed by atoms with Gasteiger partial charge >= 0.3 is 6.09 Å². The molecular formula is C20H20N4O5. The number of aromatic nitrogens is 3. The van der Waals surface area contributed by atoms with Gasteiger partial charge in [-0.15, -0.1) is 0 Å². The molecule has 4 heterocycles. The van der Waals surface area contributed by atoms with Crippen LogP contribution >= 0.6 is 0 Å². The van der Waals surface area contributed by atoms with E-state index in [1.165, 1.54) is 17.1 Å². The second-order valence-electron chi connectivity index (χ2n) is 7.13. The highest BCUT2D eigenvalue weighted by molar-refractivity contribution is 5.89. The molecular weight excluding hydrogens is 376 g/mol. The lowest BCUT2D eigenvalue weighted by Crippen LogP contribution is -2.37. The van der Waals surface area contributed by atoms with Gasteiger partial charge in [-0.1, -0.05) is 0 Å². The van der Waals surface area contributed by atoms with Crippen molar-refractivity contribution in [3.05, 3.63) is 48.0 Å². The molecule has 1 unspecified atom stereocenters. The summed E-state index contributed by atoms with van der Waals surface area (Å²) in [4.78, 5) is 22.2. The van der Waals surface area contributed by atoms with Gasteiger partial charge in [0.15, 0.2) is 0 Å². The molecule has 9 nitrogen and oxygen atoms in total. The van der Waals surface area contributed by atoms with E-state index in [1.807, 2.05) is 6.07 Å². The van der Waals surface area contributed by atoms with Gasteiger partial charge in [-0.25, -0.2) is 14.8 Å². The number of ether oxygens (including phenoxy) is 3. The number of carbonyl (C=O) groups is 1. The maximum absolute atomic E-state index is 11.2. The fraction of sp³-hybridized carbons (Fsp3) is 0.350. The van der Waals surface area contributed by atoms with Crippen LogP contribution in [0.2, 0.25) is 0 Å². The van der Waals surface area contributed by atoms with Crippen LogP contribution in [0.3, 0.4) is 0 Å². The summed E-state index contributed by atoms with van der Waals surface area (Å²) in [5.74, 6) is 1.12. The molecule has 9 heteroatoms. The second kappa shape index (κ2) is 7.43. The fourth-order valence-electron chi connectivity index (χ4n) is 3.83. The lowest BCUT2D eigenvalue weighted by atomic mass is 10.2. The molecule has 0 spiro atoms. The summed E-state index contributed by atoms with van der Waals surface area (Å²) in [7, 11) is 0. The predicted molar refractivity (Wildman–Crippen MR) is 102 cm³/mol. The molecule has 1 atom stereocenters. The first-order valence-electron chi connectivity index (χ1n) is 9.44. The largest absolute Gasteiger partial charge is 0.464 e. The van der Waals surface area contributed by atoms with Crippen LogP contribution < -0.4 is 4.74 Å². The van der Waals surface area contributed by atoms with Crippen molar-refractivity contribution in [2.75, 3.05) is 26.4 Å². The van der Waals surface area contributed by atoms with Crippen LogP contribution in [-0.2, 0) is 22.6 Å². The summed E-state index contributed by atoms with van der Waals surface area (Å²) in [5, 5.41) is 10.0. The van der Waals surface area contributed by atoms with E-state index in [0.717, 1.165) is 23.2 Å². The number of rotatable bonds is 4. The SMILES string of the molecule is O=C(O)n1ccc2cc(Oc3ncnc4c3CN(CC3COCCO3)C4)ccc21. The Kier molecular flexibility index (Phi) is 4.62. The van der Waals surface area contributed by atoms with Gasteiger partial charge in [-0.05, 0) is 24.3 Å². The smallest absolute Gasteiger partial charge is 0.415 e. The molecule has 29 heavy (non-hydrogen) atoms. The Hall–Kier alpha value is -3.01. The summed E-state index contributed by atoms with van der Waals surface area (Å²) in [6.07, 6.45) is 2.08. The highest BCUT2D eigenvalue weighted by Gasteiger charge is 2.28. The van der Waals surface area contributed by atoms with Crippen LogP contribution in [0.5, 0.6) is 11.6 Å². The summed E-state index contributed by atoms with van der Waals surface area (Å²) in [5.41, 5.74) is 2.52. The molecule has 2 aliphatic rings. The molecule has 0 bridgehead atoms. The Bertz CT molecular complexity index is 1060. The molecule has 1 N–H and O–H groups in total. The Balaban J connectivity index is 1.34. The monoisotopic (exact) mass is 396 g/mol. The molecule has 5 rings (SSSR count). The van der Waals surface area contributed by atoms with Crippen molar-refractivity contribution >= 4 is 17.0 Å². The van der Waals surface area contributed by atoms with Crippen LogP contribution in [0.15, 0.2) is 36.8 Å². The van der Waals surface area contributed by atoms with Crippen LogP contribution in [0.25, 0.3) is 10.9 Å². The van der Waals surface area contributed by atoms with Gasteiger partial charge < -0.3 is 19.3 Å². The second-order valence-corrected chi connectivity index (χ2v) is 7.13. The van der Waals surface area contributed by atoms with Gasteiger partial charge in [0, 0.05) is 31.2 Å². The average Bonchev–Trinajstić information content (AvgIpc) is 3.32. The lowest BCUT2D eigenvalue weighted by molar-refractivity contribution is -0.0980. The van der Waals surface area contributed by atoms with Crippen molar-refractivity contribution in [1.29, 1.82) is 0 Å². The molecule has 2 aromatic heterocycles. The molecule has 2 aliphatic heterocycles. The highest BCUT2D eigenvalue weighted by atomic mass is 16.6. The molecule has 0 aliphatic carbocycles. The third kappa shape index (κ3) is 3.55. The molecule has 1 aromatic carbocycles. The third-order valence-electron chi connectivity index (χ3n) is 5.18. The zero-order chi connectivity index (χ0) is 19.8. The predicted octanol–water partition coefficient (Wildman–Crippen LogP) is 2.48. The van der Waals surface area contributed by atoms with E-state index >= 15 is 0 Å². The van der Waals surface area contributed by atoms with E-state index in [0.29, 0.717) is 50.1 Å². The first-order chi connectivity index (χ1) is 14.2. The van der Waals surface area contributed by atoms with Crippen molar-refractivity contribution < 1.29 is 24.1 Å². The minimum absolute atomic E-state index is 0.0658. The molecule has 1 fully saturated rings. The summed E-state index contributed by atoms with van der Waals surface area (Å²) in [6, 6.07) is 7.03. The number of hydrogen-bond donors (Lipinski definition) is 1. The van der Waals surface area contributed by atoms with Crippen molar-refractivity contribution in [2.24, 2.45) is 0 Å². The van der Waals surface area contributed by atoms with Gasteiger partial charge in [0.2, 0.25) is 5.88 Å². The minimum atomic E-state index is -1.02. The average molecular weight is 396 g/mol. The molecule has 150 valence electrons. The number of nitrogens with zero attached hydrogens (tertiary/aromatic N) is 4. The van der Waals surface area contributed by atoms with Crippen LogP contribution in [-0.4, -0.2) is 63.1 Å². The molecule has 0 radical (unpaired) electrons. The molecule has 0 amide bonds. The number of carboxylic acid groups (broad SMARTS) is 1. The lowest BCUT2D eigenvalue weighted by Gasteiger charge is -2.26. The summed E-state index contributed by atoms with van der Waals surface area (Å²) < 4.78 is 18.5. The van der Waals surface area contributed by atoms with Crippen LogP contribution in [0.4, 0.5) is 4.79 Å². The molecule has 1 saturated heterocycles. The third-order valence-corrected chi connectivity index (χ3v) is 5.18. The topological polar surface area (TPSA) is 98.9 Å². The van der Waals surface area contributed by atoms with Gasteiger partial charge in [0.1, 0.15) is 12.1 Å². The number of hydrogen-bond acceptors (Lipinski definition) is 7. The van der Waals surface area contributed by atoms with E-state index in [4.69, 9.17) is 14.2 Å².